The number of aromatic nitrogens is 2. The Kier molecular flexibility index (Phi) is 8.85. The molecule has 0 atom stereocenters. The van der Waals surface area contributed by atoms with Gasteiger partial charge in [-0.2, -0.15) is 5.26 Å². The standard InChI is InChI=1S/C68H36N4OS2/c1-70-60-58(41-22-9-4-10-23-41)65(71-53-29-14-11-24-43(53)46-36-37-54-59(61(46)71)51-28-17-27-42(66(51)73-54)39-18-5-2-6-19-39)57(40-20-7-3-8-21-40)52(38-69)62(60)72-63-47(32-34-49-44-25-12-15-30-55(44)74-67(49)63)48-33-35-50-45-26-13-16-31-56(45)75-68(50)64(48)72/h2-37H. The summed E-state index contributed by atoms with van der Waals surface area (Å²) in [5.74, 6) is 0. The molecule has 0 aliphatic rings. The number of hydrogen-bond acceptors (Lipinski definition) is 4. The molecule has 5 nitrogen and oxygen atoms in total. The van der Waals surface area contributed by atoms with Gasteiger partial charge in [0.05, 0.1) is 60.4 Å². The molecule has 0 bridgehead atoms. The zero-order chi connectivity index (χ0) is 49.5. The van der Waals surface area contributed by atoms with Gasteiger partial charge in [0.1, 0.15) is 17.2 Å². The zero-order valence-corrected chi connectivity index (χ0v) is 41.4. The van der Waals surface area contributed by atoms with Crippen LogP contribution in [0.25, 0.3) is 155 Å². The molecule has 0 aliphatic carbocycles. The third-order valence-corrected chi connectivity index (χ3v) is 17.8. The number of nitriles is 1. The predicted octanol–water partition coefficient (Wildman–Crippen LogP) is 19.9. The quantitative estimate of drug-likeness (QED) is 0.161. The topological polar surface area (TPSA) is 51.1 Å². The van der Waals surface area contributed by atoms with E-state index in [1.165, 1.54) is 20.2 Å². The van der Waals surface area contributed by atoms with Crippen molar-refractivity contribution in [1.29, 1.82) is 5.26 Å². The van der Waals surface area contributed by atoms with Gasteiger partial charge in [0, 0.05) is 74.6 Å². The van der Waals surface area contributed by atoms with Gasteiger partial charge >= 0.3 is 0 Å². The van der Waals surface area contributed by atoms with E-state index in [1.54, 1.807) is 22.7 Å². The van der Waals surface area contributed by atoms with E-state index in [0.29, 0.717) is 16.9 Å². The van der Waals surface area contributed by atoms with Crippen molar-refractivity contribution in [1.82, 2.24) is 9.13 Å². The second kappa shape index (κ2) is 15.9. The highest BCUT2D eigenvalue weighted by atomic mass is 32.1. The highest BCUT2D eigenvalue weighted by Crippen LogP contribution is 2.55. The second-order valence-corrected chi connectivity index (χ2v) is 21.3. The molecule has 0 fully saturated rings. The molecule has 16 rings (SSSR count). The first-order valence-corrected chi connectivity index (χ1v) is 26.6. The minimum absolute atomic E-state index is 0.393. The summed E-state index contributed by atoms with van der Waals surface area (Å²) in [5.41, 5.74) is 12.8. The van der Waals surface area contributed by atoms with Crippen LogP contribution in [-0.4, -0.2) is 9.13 Å². The lowest BCUT2D eigenvalue weighted by Crippen LogP contribution is -2.08. The Morgan fingerprint density at radius 3 is 1.55 bits per heavy atom. The van der Waals surface area contributed by atoms with Crippen molar-refractivity contribution < 1.29 is 4.42 Å². The molecular formula is C68H36N4OS2. The Balaban J connectivity index is 1.17. The van der Waals surface area contributed by atoms with Gasteiger partial charge in [-0.1, -0.05) is 188 Å². The van der Waals surface area contributed by atoms with Crippen molar-refractivity contribution in [2.75, 3.05) is 0 Å². The van der Waals surface area contributed by atoms with E-state index in [0.717, 1.165) is 125 Å². The van der Waals surface area contributed by atoms with Crippen LogP contribution in [0.4, 0.5) is 5.69 Å². The normalized spacial score (nSPS) is 12.0. The van der Waals surface area contributed by atoms with Gasteiger partial charge in [0.2, 0.25) is 5.69 Å². The second-order valence-electron chi connectivity index (χ2n) is 19.2. The number of hydrogen-bond donors (Lipinski definition) is 0. The molecule has 0 aliphatic heterocycles. The summed E-state index contributed by atoms with van der Waals surface area (Å²) in [6.07, 6.45) is 0. The maximum absolute atomic E-state index is 12.4. The number of para-hydroxylation sites is 2. The molecule has 346 valence electrons. The van der Waals surface area contributed by atoms with Gasteiger partial charge in [-0.3, -0.25) is 0 Å². The molecule has 0 saturated carbocycles. The molecule has 16 aromatic rings. The molecule has 0 N–H and O–H groups in total. The van der Waals surface area contributed by atoms with Crippen molar-refractivity contribution in [2.24, 2.45) is 0 Å². The largest absolute Gasteiger partial charge is 0.455 e. The smallest absolute Gasteiger partial charge is 0.221 e. The minimum atomic E-state index is 0.393. The van der Waals surface area contributed by atoms with Crippen molar-refractivity contribution in [3.05, 3.63) is 235 Å². The van der Waals surface area contributed by atoms with Crippen molar-refractivity contribution in [3.8, 4) is 50.8 Å². The van der Waals surface area contributed by atoms with Crippen LogP contribution >= 0.6 is 22.7 Å². The molecule has 7 heteroatoms. The summed E-state index contributed by atoms with van der Waals surface area (Å²) in [6.45, 7) is 9.69. The van der Waals surface area contributed by atoms with E-state index >= 15 is 0 Å². The van der Waals surface area contributed by atoms with E-state index in [-0.39, 0.29) is 0 Å². The summed E-state index contributed by atoms with van der Waals surface area (Å²) >= 11 is 3.54. The zero-order valence-electron chi connectivity index (χ0n) is 39.8. The van der Waals surface area contributed by atoms with Crippen LogP contribution in [0, 0.1) is 17.9 Å². The van der Waals surface area contributed by atoms with Crippen LogP contribution in [0.2, 0.25) is 0 Å². The van der Waals surface area contributed by atoms with Gasteiger partial charge in [-0.05, 0) is 47.0 Å². The number of benzene rings is 11. The fourth-order valence-electron chi connectivity index (χ4n) is 12.3. The van der Waals surface area contributed by atoms with Crippen molar-refractivity contribution in [2.45, 2.75) is 0 Å². The van der Waals surface area contributed by atoms with E-state index < -0.39 is 0 Å². The predicted molar refractivity (Wildman–Crippen MR) is 315 cm³/mol. The molecule has 0 amide bonds. The molecular weight excluding hydrogens is 953 g/mol. The molecule has 75 heavy (non-hydrogen) atoms. The van der Waals surface area contributed by atoms with Crippen LogP contribution in [0.5, 0.6) is 0 Å². The number of rotatable bonds is 5. The van der Waals surface area contributed by atoms with Gasteiger partial charge in [0.15, 0.2) is 0 Å². The Labute approximate surface area is 436 Å². The number of furan rings is 1. The molecule has 5 aromatic heterocycles. The summed E-state index contributed by atoms with van der Waals surface area (Å²) in [6, 6.07) is 79.4. The number of fused-ring (bicyclic) bond motifs is 18. The van der Waals surface area contributed by atoms with Gasteiger partial charge in [0.25, 0.3) is 0 Å². The lowest BCUT2D eigenvalue weighted by atomic mass is 9.88. The van der Waals surface area contributed by atoms with E-state index in [2.05, 4.69) is 191 Å². The van der Waals surface area contributed by atoms with Crippen molar-refractivity contribution in [3.63, 3.8) is 0 Å². The van der Waals surface area contributed by atoms with Gasteiger partial charge in [-0.25, -0.2) is 4.85 Å². The van der Waals surface area contributed by atoms with E-state index in [4.69, 9.17) is 9.26 Å². The van der Waals surface area contributed by atoms with Gasteiger partial charge in [-0.15, -0.1) is 22.7 Å². The Morgan fingerprint density at radius 2 is 0.933 bits per heavy atom. The molecule has 11 aromatic carbocycles. The molecule has 0 radical (unpaired) electrons. The molecule has 5 heterocycles. The fraction of sp³-hybridized carbons (Fsp3) is 0. The van der Waals surface area contributed by atoms with Crippen LogP contribution in [0.3, 0.4) is 0 Å². The molecule has 0 unspecified atom stereocenters. The maximum Gasteiger partial charge on any atom is 0.221 e. The van der Waals surface area contributed by atoms with Crippen LogP contribution < -0.4 is 0 Å². The monoisotopic (exact) mass is 988 g/mol. The first-order chi connectivity index (χ1) is 37.2. The average molecular weight is 989 g/mol. The summed E-state index contributed by atoms with van der Waals surface area (Å²) in [7, 11) is 0. The summed E-state index contributed by atoms with van der Waals surface area (Å²) < 4.78 is 16.3. The number of nitrogens with zero attached hydrogens (tertiary/aromatic N) is 4. The van der Waals surface area contributed by atoms with E-state index in [1.807, 2.05) is 42.5 Å². The maximum atomic E-state index is 12.4. The SMILES string of the molecule is [C-]#[N+]c1c(-c2ccccc2)c(-n2c3ccccc3c3ccc4oc5c(-c6ccccc6)cccc5c4c32)c(-c2ccccc2)c(C#N)c1-n1c2c(ccc3c4ccccc4sc32)c2ccc3c4ccccc4sc3c21. The Hall–Kier alpha value is -9.76. The lowest BCUT2D eigenvalue weighted by Gasteiger charge is -2.26. The van der Waals surface area contributed by atoms with Crippen LogP contribution in [0.1, 0.15) is 5.56 Å². The van der Waals surface area contributed by atoms with Crippen LogP contribution in [0.15, 0.2) is 223 Å². The lowest BCUT2D eigenvalue weighted by molar-refractivity contribution is 0.670. The Morgan fingerprint density at radius 1 is 0.427 bits per heavy atom. The third-order valence-electron chi connectivity index (χ3n) is 15.4. The number of thiophene rings is 2. The molecule has 0 spiro atoms. The summed E-state index contributed by atoms with van der Waals surface area (Å²) in [4.78, 5) is 4.74. The first kappa shape index (κ1) is 41.8. The molecule has 0 saturated heterocycles. The fourth-order valence-corrected chi connectivity index (χ4v) is 14.8. The Bertz CT molecular complexity index is 4990. The highest BCUT2D eigenvalue weighted by Gasteiger charge is 2.34. The van der Waals surface area contributed by atoms with E-state index in [9.17, 15) is 11.8 Å². The highest BCUT2D eigenvalue weighted by molar-refractivity contribution is 7.27. The van der Waals surface area contributed by atoms with Crippen LogP contribution in [-0.2, 0) is 0 Å². The summed E-state index contributed by atoms with van der Waals surface area (Å²) in [5, 5.41) is 23.2. The van der Waals surface area contributed by atoms with Crippen molar-refractivity contribution >= 4 is 134 Å². The minimum Gasteiger partial charge on any atom is -0.455 e. The third kappa shape index (κ3) is 5.74. The van der Waals surface area contributed by atoms with Gasteiger partial charge < -0.3 is 13.6 Å². The first-order valence-electron chi connectivity index (χ1n) is 24.9. The average Bonchev–Trinajstić information content (AvgIpc) is 4.32.